The van der Waals surface area contributed by atoms with Crippen molar-refractivity contribution >= 4 is 27.6 Å². The van der Waals surface area contributed by atoms with E-state index in [2.05, 4.69) is 15.9 Å². The zero-order chi connectivity index (χ0) is 14.0. The molecular weight excluding hydrogens is 306 g/mol. The monoisotopic (exact) mass is 323 g/mol. The fourth-order valence-corrected chi connectivity index (χ4v) is 2.95. The fourth-order valence-electron chi connectivity index (χ4n) is 2.46. The van der Waals surface area contributed by atoms with Gasteiger partial charge in [0.25, 0.3) is 0 Å². The van der Waals surface area contributed by atoms with Gasteiger partial charge in [0.05, 0.1) is 5.54 Å². The van der Waals surface area contributed by atoms with Gasteiger partial charge in [-0.05, 0) is 31.9 Å². The zero-order valence-electron chi connectivity index (χ0n) is 11.3. The highest BCUT2D eigenvalue weighted by atomic mass is 79.9. The molecule has 1 saturated heterocycles. The molecule has 3 nitrogen and oxygen atoms in total. The Labute approximate surface area is 122 Å². The lowest BCUT2D eigenvalue weighted by atomic mass is 10.00. The Bertz CT molecular complexity index is 511. The molecule has 1 fully saturated rings. The summed E-state index contributed by atoms with van der Waals surface area (Å²) in [5.74, 6) is 0.216. The molecule has 1 heterocycles. The molecule has 2 rings (SSSR count). The van der Waals surface area contributed by atoms with E-state index in [0.717, 1.165) is 10.0 Å². The number of carbonyl (C=O) groups is 2. The van der Waals surface area contributed by atoms with Crippen molar-refractivity contribution in [1.29, 1.82) is 0 Å². The van der Waals surface area contributed by atoms with Crippen LogP contribution in [0.25, 0.3) is 0 Å². The number of hydrogen-bond acceptors (Lipinski definition) is 2. The van der Waals surface area contributed by atoms with Crippen molar-refractivity contribution in [3.8, 4) is 0 Å². The first kappa shape index (κ1) is 14.3. The molecule has 1 aliphatic rings. The Morgan fingerprint density at radius 1 is 1.37 bits per heavy atom. The molecule has 4 heteroatoms. The van der Waals surface area contributed by atoms with E-state index in [1.165, 1.54) is 0 Å². The Balaban J connectivity index is 1.99. The van der Waals surface area contributed by atoms with Crippen LogP contribution in [-0.2, 0) is 16.0 Å². The van der Waals surface area contributed by atoms with Crippen LogP contribution in [0.3, 0.4) is 0 Å². The number of halogens is 1. The first-order chi connectivity index (χ1) is 8.93. The van der Waals surface area contributed by atoms with Crippen molar-refractivity contribution in [2.24, 2.45) is 0 Å². The Morgan fingerprint density at radius 2 is 2.05 bits per heavy atom. The van der Waals surface area contributed by atoms with Crippen molar-refractivity contribution in [3.05, 3.63) is 34.3 Å². The quantitative estimate of drug-likeness (QED) is 0.857. The van der Waals surface area contributed by atoms with Crippen LogP contribution in [0.1, 0.15) is 32.3 Å². The molecular formula is C15H18BrNO2. The third-order valence-electron chi connectivity index (χ3n) is 3.79. The van der Waals surface area contributed by atoms with Crippen molar-refractivity contribution in [3.63, 3.8) is 0 Å². The van der Waals surface area contributed by atoms with E-state index < -0.39 is 5.54 Å². The summed E-state index contributed by atoms with van der Waals surface area (Å²) in [7, 11) is 0. The van der Waals surface area contributed by atoms with Gasteiger partial charge in [-0.15, -0.1) is 0 Å². The molecule has 19 heavy (non-hydrogen) atoms. The molecule has 0 radical (unpaired) electrons. The van der Waals surface area contributed by atoms with Crippen LogP contribution in [0.15, 0.2) is 28.7 Å². The highest BCUT2D eigenvalue weighted by Crippen LogP contribution is 2.26. The highest BCUT2D eigenvalue weighted by Gasteiger charge is 2.42. The van der Waals surface area contributed by atoms with Crippen molar-refractivity contribution < 1.29 is 9.59 Å². The lowest BCUT2D eigenvalue weighted by molar-refractivity contribution is -0.138. The molecule has 1 aromatic rings. The van der Waals surface area contributed by atoms with Crippen molar-refractivity contribution in [2.45, 2.75) is 38.6 Å². The van der Waals surface area contributed by atoms with E-state index in [0.29, 0.717) is 25.8 Å². The Kier molecular flexibility index (Phi) is 4.09. The highest BCUT2D eigenvalue weighted by molar-refractivity contribution is 9.10. The maximum absolute atomic E-state index is 12.2. The molecule has 0 saturated carbocycles. The number of carbonyl (C=O) groups excluding carboxylic acids is 2. The van der Waals surface area contributed by atoms with Gasteiger partial charge in [0.2, 0.25) is 5.91 Å². The van der Waals surface area contributed by atoms with Gasteiger partial charge in [-0.1, -0.05) is 34.1 Å². The molecule has 0 atom stereocenters. The van der Waals surface area contributed by atoms with Gasteiger partial charge in [-0.3, -0.25) is 9.59 Å². The van der Waals surface area contributed by atoms with Gasteiger partial charge in [-0.25, -0.2) is 0 Å². The molecule has 102 valence electrons. The summed E-state index contributed by atoms with van der Waals surface area (Å²) in [6.45, 7) is 4.22. The minimum atomic E-state index is -0.634. The van der Waals surface area contributed by atoms with Crippen LogP contribution in [0.5, 0.6) is 0 Å². The lowest BCUT2D eigenvalue weighted by Crippen LogP contribution is -2.46. The Hall–Kier alpha value is -1.16. The van der Waals surface area contributed by atoms with Gasteiger partial charge >= 0.3 is 0 Å². The SMILES string of the molecule is CC1(C)C(=O)CCN1C(=O)CCc1ccccc1Br. The third kappa shape index (κ3) is 2.89. The number of likely N-dealkylation sites (tertiary alicyclic amines) is 1. The minimum Gasteiger partial charge on any atom is -0.330 e. The van der Waals surface area contributed by atoms with Crippen molar-refractivity contribution in [2.75, 3.05) is 6.54 Å². The predicted molar refractivity (Wildman–Crippen MR) is 77.9 cm³/mol. The normalized spacial score (nSPS) is 17.8. The molecule has 0 aliphatic carbocycles. The number of ketones is 1. The standard InChI is InChI=1S/C15H18BrNO2/c1-15(2)13(18)9-10-17(15)14(19)8-7-11-5-3-4-6-12(11)16/h3-6H,7-10H2,1-2H3. The van der Waals surface area contributed by atoms with Gasteiger partial charge in [0, 0.05) is 23.9 Å². The van der Waals surface area contributed by atoms with Crippen LogP contribution < -0.4 is 0 Å². The number of aryl methyl sites for hydroxylation is 1. The van der Waals surface area contributed by atoms with Crippen molar-refractivity contribution in [1.82, 2.24) is 4.90 Å². The van der Waals surface area contributed by atoms with Gasteiger partial charge in [0.15, 0.2) is 5.78 Å². The molecule has 0 bridgehead atoms. The van der Waals surface area contributed by atoms with Crippen LogP contribution in [-0.4, -0.2) is 28.7 Å². The predicted octanol–water partition coefficient (Wildman–Crippen LogP) is 2.96. The Morgan fingerprint density at radius 3 is 2.63 bits per heavy atom. The summed E-state index contributed by atoms with van der Waals surface area (Å²) in [6.07, 6.45) is 1.62. The first-order valence-corrected chi connectivity index (χ1v) is 7.29. The van der Waals surface area contributed by atoms with E-state index >= 15 is 0 Å². The minimum absolute atomic E-state index is 0.0617. The second kappa shape index (κ2) is 5.45. The molecule has 1 aromatic carbocycles. The van der Waals surface area contributed by atoms with E-state index in [1.54, 1.807) is 4.90 Å². The molecule has 0 N–H and O–H groups in total. The summed E-state index contributed by atoms with van der Waals surface area (Å²) < 4.78 is 1.03. The van der Waals surface area contributed by atoms with E-state index in [4.69, 9.17) is 0 Å². The van der Waals surface area contributed by atoms with Crippen LogP contribution in [0.4, 0.5) is 0 Å². The molecule has 1 aliphatic heterocycles. The second-order valence-electron chi connectivity index (χ2n) is 5.37. The summed E-state index contributed by atoms with van der Waals surface area (Å²) >= 11 is 3.48. The number of nitrogens with zero attached hydrogens (tertiary/aromatic N) is 1. The number of benzene rings is 1. The summed E-state index contributed by atoms with van der Waals surface area (Å²) in [4.78, 5) is 25.7. The second-order valence-corrected chi connectivity index (χ2v) is 6.22. The van der Waals surface area contributed by atoms with Gasteiger partial charge in [0.1, 0.15) is 0 Å². The van der Waals surface area contributed by atoms with Crippen LogP contribution in [0.2, 0.25) is 0 Å². The molecule has 0 aromatic heterocycles. The van der Waals surface area contributed by atoms with Crippen LogP contribution in [0, 0.1) is 0 Å². The third-order valence-corrected chi connectivity index (χ3v) is 4.56. The lowest BCUT2D eigenvalue weighted by Gasteiger charge is -2.30. The fraction of sp³-hybridized carbons (Fsp3) is 0.467. The van der Waals surface area contributed by atoms with Crippen LogP contribution >= 0.6 is 15.9 Å². The average Bonchev–Trinajstić information content (AvgIpc) is 2.63. The molecule has 0 spiro atoms. The van der Waals surface area contributed by atoms with Gasteiger partial charge < -0.3 is 4.90 Å². The number of rotatable bonds is 3. The summed E-state index contributed by atoms with van der Waals surface area (Å²) in [5.41, 5.74) is 0.490. The summed E-state index contributed by atoms with van der Waals surface area (Å²) in [6, 6.07) is 7.91. The topological polar surface area (TPSA) is 37.4 Å². The number of amides is 1. The number of hydrogen-bond donors (Lipinski definition) is 0. The zero-order valence-corrected chi connectivity index (χ0v) is 12.9. The van der Waals surface area contributed by atoms with E-state index in [1.807, 2.05) is 38.1 Å². The van der Waals surface area contributed by atoms with Gasteiger partial charge in [-0.2, -0.15) is 0 Å². The number of Topliss-reactive ketones (excluding diaryl/α,β-unsaturated/α-hetero) is 1. The van der Waals surface area contributed by atoms with E-state index in [9.17, 15) is 9.59 Å². The molecule has 1 amide bonds. The summed E-state index contributed by atoms with van der Waals surface area (Å²) in [5, 5.41) is 0. The maximum atomic E-state index is 12.2. The van der Waals surface area contributed by atoms with E-state index in [-0.39, 0.29) is 11.7 Å². The maximum Gasteiger partial charge on any atom is 0.223 e. The smallest absolute Gasteiger partial charge is 0.223 e. The molecule has 0 unspecified atom stereocenters. The average molecular weight is 324 g/mol. The first-order valence-electron chi connectivity index (χ1n) is 6.50. The largest absolute Gasteiger partial charge is 0.330 e.